The molecule has 1 atom stereocenters. The molecule has 0 aliphatic rings. The van der Waals surface area contributed by atoms with Gasteiger partial charge in [-0.3, -0.25) is 0 Å². The molecule has 0 radical (unpaired) electrons. The average Bonchev–Trinajstić information content (AvgIpc) is 2.05. The first kappa shape index (κ1) is 9.22. The van der Waals surface area contributed by atoms with Crippen LogP contribution in [0.15, 0.2) is 34.7 Å². The Hall–Kier alpha value is -0.870. The number of hydrogen-bond acceptors (Lipinski definition) is 3. The zero-order valence-corrected chi connectivity index (χ0v) is 7.59. The van der Waals surface area contributed by atoms with Gasteiger partial charge in [-0.15, -0.1) is 4.36 Å². The van der Waals surface area contributed by atoms with Gasteiger partial charge in [0.25, 0.3) is 0 Å². The maximum absolute atomic E-state index is 10.1. The summed E-state index contributed by atoms with van der Waals surface area (Å²) in [7, 11) is -2.45. The number of halogens is 1. The molecular weight excluding hydrogens is 198 g/mol. The van der Waals surface area contributed by atoms with E-state index in [0.29, 0.717) is 5.56 Å². The first-order valence-corrected chi connectivity index (χ1v) is 4.66. The lowest BCUT2D eigenvalue weighted by Gasteiger charge is -1.99. The molecular formula is C7H6ClNO2S. The van der Waals surface area contributed by atoms with E-state index in [1.807, 2.05) is 6.07 Å². The summed E-state index contributed by atoms with van der Waals surface area (Å²) in [5.74, 6) is 0. The van der Waals surface area contributed by atoms with Gasteiger partial charge in [0.1, 0.15) is 0 Å². The molecule has 0 saturated carbocycles. The van der Waals surface area contributed by atoms with Crippen LogP contribution in [0.1, 0.15) is 11.1 Å². The van der Waals surface area contributed by atoms with Crippen LogP contribution in [0, 0.1) is 0 Å². The number of rotatable bonds is 2. The van der Waals surface area contributed by atoms with Crippen LogP contribution in [0.25, 0.3) is 0 Å². The van der Waals surface area contributed by atoms with Crippen molar-refractivity contribution in [1.29, 1.82) is 0 Å². The molecule has 0 aromatic heterocycles. The summed E-state index contributed by atoms with van der Waals surface area (Å²) >= 11 is 5.64. The fourth-order valence-electron chi connectivity index (χ4n) is 0.748. The van der Waals surface area contributed by atoms with Crippen LogP contribution in [0.3, 0.4) is 0 Å². The molecule has 64 valence electrons. The van der Waals surface area contributed by atoms with Gasteiger partial charge in [0.15, 0.2) is 5.50 Å². The van der Waals surface area contributed by atoms with Crippen LogP contribution < -0.4 is 0 Å². The maximum atomic E-state index is 10.1. The van der Waals surface area contributed by atoms with Crippen molar-refractivity contribution < 1.29 is 8.42 Å². The Morgan fingerprint density at radius 1 is 1.25 bits per heavy atom. The quantitative estimate of drug-likeness (QED) is 0.545. The van der Waals surface area contributed by atoms with Crippen LogP contribution in [0.4, 0.5) is 0 Å². The Labute approximate surface area is 76.7 Å². The molecule has 3 nitrogen and oxygen atoms in total. The van der Waals surface area contributed by atoms with E-state index in [2.05, 4.69) is 4.36 Å². The Morgan fingerprint density at radius 3 is 2.33 bits per heavy atom. The van der Waals surface area contributed by atoms with Gasteiger partial charge in [-0.25, -0.2) is 0 Å². The molecule has 0 aliphatic carbocycles. The molecule has 0 saturated heterocycles. The third kappa shape index (κ3) is 2.64. The normalized spacial score (nSPS) is 12.1. The lowest BCUT2D eigenvalue weighted by Crippen LogP contribution is -1.83. The zero-order chi connectivity index (χ0) is 8.97. The van der Waals surface area contributed by atoms with Crippen LogP contribution >= 0.6 is 11.6 Å². The molecule has 0 bridgehead atoms. The van der Waals surface area contributed by atoms with Crippen molar-refractivity contribution in [3.8, 4) is 0 Å². The highest BCUT2D eigenvalue weighted by atomic mass is 35.5. The number of alkyl halides is 1. The number of nitrogens with zero attached hydrogens (tertiary/aromatic N) is 1. The van der Waals surface area contributed by atoms with Gasteiger partial charge >= 0.3 is 10.5 Å². The third-order valence-electron chi connectivity index (χ3n) is 1.25. The summed E-state index contributed by atoms with van der Waals surface area (Å²) in [6.07, 6.45) is 0. The van der Waals surface area contributed by atoms with Gasteiger partial charge in [0.05, 0.1) is 0 Å². The highest BCUT2D eigenvalue weighted by Crippen LogP contribution is 2.20. The summed E-state index contributed by atoms with van der Waals surface area (Å²) < 4.78 is 23.5. The van der Waals surface area contributed by atoms with Crippen LogP contribution in [0.5, 0.6) is 0 Å². The largest absolute Gasteiger partial charge is 0.312 e. The predicted molar refractivity (Wildman–Crippen MR) is 46.4 cm³/mol. The minimum Gasteiger partial charge on any atom is -0.164 e. The average molecular weight is 204 g/mol. The van der Waals surface area contributed by atoms with E-state index >= 15 is 0 Å². The van der Waals surface area contributed by atoms with Crippen molar-refractivity contribution in [2.75, 3.05) is 0 Å². The molecule has 0 fully saturated rings. The van der Waals surface area contributed by atoms with E-state index < -0.39 is 16.0 Å². The van der Waals surface area contributed by atoms with Crippen LogP contribution in [-0.2, 0) is 10.5 Å². The highest BCUT2D eigenvalue weighted by molar-refractivity contribution is 7.61. The first-order valence-electron chi connectivity index (χ1n) is 3.19. The second kappa shape index (κ2) is 4.23. The molecule has 1 unspecified atom stereocenters. The third-order valence-corrected chi connectivity index (χ3v) is 2.10. The molecule has 1 aromatic carbocycles. The van der Waals surface area contributed by atoms with Crippen molar-refractivity contribution in [3.63, 3.8) is 0 Å². The minimum atomic E-state index is -2.45. The predicted octanol–water partition coefficient (Wildman–Crippen LogP) is 1.99. The van der Waals surface area contributed by atoms with Crippen molar-refractivity contribution in [1.82, 2.24) is 0 Å². The van der Waals surface area contributed by atoms with Crippen LogP contribution in [-0.4, -0.2) is 8.42 Å². The number of hydrogen-bond donors (Lipinski definition) is 0. The van der Waals surface area contributed by atoms with Gasteiger partial charge in [0, 0.05) is 0 Å². The molecule has 0 heterocycles. The van der Waals surface area contributed by atoms with Gasteiger partial charge in [-0.1, -0.05) is 41.9 Å². The summed E-state index contributed by atoms with van der Waals surface area (Å²) in [4.78, 5) is 0. The van der Waals surface area contributed by atoms with Gasteiger partial charge in [-0.05, 0) is 5.56 Å². The molecule has 0 spiro atoms. The molecule has 12 heavy (non-hydrogen) atoms. The molecule has 1 rings (SSSR count). The maximum Gasteiger partial charge on any atom is 0.312 e. The van der Waals surface area contributed by atoms with Crippen molar-refractivity contribution in [2.24, 2.45) is 4.36 Å². The number of benzene rings is 1. The smallest absolute Gasteiger partial charge is 0.164 e. The van der Waals surface area contributed by atoms with E-state index in [1.54, 1.807) is 24.3 Å². The van der Waals surface area contributed by atoms with Crippen molar-refractivity contribution >= 4 is 22.1 Å². The summed E-state index contributed by atoms with van der Waals surface area (Å²) in [6, 6.07) is 8.80. The lowest BCUT2D eigenvalue weighted by atomic mass is 10.2. The monoisotopic (exact) mass is 203 g/mol. The summed E-state index contributed by atoms with van der Waals surface area (Å²) in [6.45, 7) is 0. The van der Waals surface area contributed by atoms with E-state index in [0.717, 1.165) is 0 Å². The molecule has 1 aromatic rings. The zero-order valence-electron chi connectivity index (χ0n) is 6.01. The Balaban J connectivity index is 2.93. The Morgan fingerprint density at radius 2 is 1.83 bits per heavy atom. The molecule has 0 amide bonds. The van der Waals surface area contributed by atoms with Gasteiger partial charge < -0.3 is 0 Å². The SMILES string of the molecule is O=S(=O)=NC(Cl)c1ccccc1. The van der Waals surface area contributed by atoms with Gasteiger partial charge in [0.2, 0.25) is 0 Å². The Kier molecular flexibility index (Phi) is 3.25. The molecule has 0 aliphatic heterocycles. The van der Waals surface area contributed by atoms with E-state index in [4.69, 9.17) is 11.6 Å². The van der Waals surface area contributed by atoms with E-state index in [-0.39, 0.29) is 0 Å². The lowest BCUT2D eigenvalue weighted by molar-refractivity contribution is 0.619. The summed E-state index contributed by atoms with van der Waals surface area (Å²) in [5, 5.41) is 0. The van der Waals surface area contributed by atoms with E-state index in [9.17, 15) is 8.42 Å². The fraction of sp³-hybridized carbons (Fsp3) is 0.143. The second-order valence-corrected chi connectivity index (χ2v) is 3.13. The summed E-state index contributed by atoms with van der Waals surface area (Å²) in [5.41, 5.74) is -0.145. The first-order chi connectivity index (χ1) is 5.70. The van der Waals surface area contributed by atoms with E-state index in [1.165, 1.54) is 0 Å². The Bertz CT molecular complexity index is 366. The van der Waals surface area contributed by atoms with Crippen molar-refractivity contribution in [2.45, 2.75) is 5.50 Å². The second-order valence-electron chi connectivity index (χ2n) is 2.07. The molecule has 0 N–H and O–H groups in total. The minimum absolute atomic E-state index is 0.670. The van der Waals surface area contributed by atoms with Crippen LogP contribution in [0.2, 0.25) is 0 Å². The highest BCUT2D eigenvalue weighted by Gasteiger charge is 2.03. The standard InChI is InChI=1S/C7H6ClNO2S/c8-7(9-12(10)11)6-4-2-1-3-5-6/h1-5,7H. The molecule has 5 heteroatoms. The topological polar surface area (TPSA) is 46.5 Å². The van der Waals surface area contributed by atoms with Gasteiger partial charge in [-0.2, -0.15) is 8.42 Å². The van der Waals surface area contributed by atoms with Crippen molar-refractivity contribution in [3.05, 3.63) is 35.9 Å². The fourth-order valence-corrected chi connectivity index (χ4v) is 1.36.